The molecule has 5 rings (SSSR count). The molecule has 1 fully saturated rings. The van der Waals surface area contributed by atoms with Crippen LogP contribution in [0.4, 0.5) is 0 Å². The van der Waals surface area contributed by atoms with Crippen LogP contribution in [0.5, 0.6) is 5.75 Å². The predicted octanol–water partition coefficient (Wildman–Crippen LogP) is 5.31. The van der Waals surface area contributed by atoms with Crippen LogP contribution in [0.15, 0.2) is 82.0 Å². The molecule has 7 nitrogen and oxygen atoms in total. The number of fused-ring (bicyclic) bond motifs is 1. The molecular formula is C30H33N3O4S. The maximum atomic E-state index is 13.5. The van der Waals surface area contributed by atoms with E-state index in [4.69, 9.17) is 14.5 Å². The Bertz CT molecular complexity index is 1300. The van der Waals surface area contributed by atoms with Crippen molar-refractivity contribution in [3.63, 3.8) is 0 Å². The van der Waals surface area contributed by atoms with Crippen LogP contribution in [0.2, 0.25) is 0 Å². The average Bonchev–Trinajstić information content (AvgIpc) is 3.34. The number of carbonyl (C=O) groups excluding carboxylic acids is 2. The highest BCUT2D eigenvalue weighted by molar-refractivity contribution is 8.16. The summed E-state index contributed by atoms with van der Waals surface area (Å²) in [7, 11) is 3.00. The third kappa shape index (κ3) is 5.36. The summed E-state index contributed by atoms with van der Waals surface area (Å²) in [5.41, 5.74) is 4.15. The standard InChI is InChI=1S/C30H33N3O4S/c1-20-27(29(35)37-3)28(23-10-7-11-25(17-23)36-2)33-24(19-38-30(33)31-20)18-26(34)32-14-12-22(13-15-32)16-21-8-5-4-6-9-21/h4-11,17,19,22,28H,12-16,18H2,1-3H3/t28-/m1/s1. The van der Waals surface area contributed by atoms with E-state index in [9.17, 15) is 9.59 Å². The topological polar surface area (TPSA) is 71.4 Å². The van der Waals surface area contributed by atoms with Gasteiger partial charge in [0.2, 0.25) is 5.91 Å². The maximum Gasteiger partial charge on any atom is 0.338 e. The Morgan fingerprint density at radius 3 is 2.53 bits per heavy atom. The first-order chi connectivity index (χ1) is 18.5. The van der Waals surface area contributed by atoms with Crippen LogP contribution in [-0.4, -0.2) is 54.2 Å². The van der Waals surface area contributed by atoms with Crippen LogP contribution in [0.1, 0.15) is 43.4 Å². The Kier molecular flexibility index (Phi) is 7.88. The van der Waals surface area contributed by atoms with E-state index in [0.29, 0.717) is 22.9 Å². The van der Waals surface area contributed by atoms with Crippen LogP contribution in [0.25, 0.3) is 0 Å². The van der Waals surface area contributed by atoms with E-state index in [-0.39, 0.29) is 12.3 Å². The Balaban J connectivity index is 1.32. The van der Waals surface area contributed by atoms with Gasteiger partial charge in [0.15, 0.2) is 5.17 Å². The van der Waals surface area contributed by atoms with Gasteiger partial charge in [-0.15, -0.1) is 0 Å². The largest absolute Gasteiger partial charge is 0.497 e. The summed E-state index contributed by atoms with van der Waals surface area (Å²) in [6.07, 6.45) is 3.32. The lowest BCUT2D eigenvalue weighted by Gasteiger charge is -2.37. The molecule has 3 heterocycles. The number of methoxy groups -OCH3 is 2. The van der Waals surface area contributed by atoms with E-state index >= 15 is 0 Å². The van der Waals surface area contributed by atoms with E-state index in [2.05, 4.69) is 24.3 Å². The molecule has 0 unspecified atom stereocenters. The summed E-state index contributed by atoms with van der Waals surface area (Å²) in [6, 6.07) is 17.8. The zero-order chi connectivity index (χ0) is 26.6. The van der Waals surface area contributed by atoms with E-state index < -0.39 is 12.0 Å². The molecule has 1 atom stereocenters. The highest BCUT2D eigenvalue weighted by atomic mass is 32.2. The third-order valence-corrected chi connectivity index (χ3v) is 8.37. The number of aliphatic imine (C=N–C) groups is 1. The first kappa shape index (κ1) is 26.1. The third-order valence-electron chi connectivity index (χ3n) is 7.48. The Hall–Kier alpha value is -3.52. The van der Waals surface area contributed by atoms with Gasteiger partial charge in [0.1, 0.15) is 5.75 Å². The van der Waals surface area contributed by atoms with Crippen molar-refractivity contribution in [1.29, 1.82) is 0 Å². The molecule has 3 aliphatic heterocycles. The Morgan fingerprint density at radius 2 is 1.82 bits per heavy atom. The van der Waals surface area contributed by atoms with Gasteiger partial charge in [-0.2, -0.15) is 0 Å². The van der Waals surface area contributed by atoms with Crippen molar-refractivity contribution < 1.29 is 19.1 Å². The van der Waals surface area contributed by atoms with Gasteiger partial charge in [0, 0.05) is 18.8 Å². The minimum Gasteiger partial charge on any atom is -0.497 e. The fraction of sp³-hybridized carbons (Fsp3) is 0.367. The summed E-state index contributed by atoms with van der Waals surface area (Å²) in [4.78, 5) is 35.1. The fourth-order valence-corrected chi connectivity index (χ4v) is 6.43. The number of benzene rings is 2. The number of amidine groups is 1. The summed E-state index contributed by atoms with van der Waals surface area (Å²) in [5.74, 6) is 0.963. The zero-order valence-electron chi connectivity index (χ0n) is 22.1. The number of hydrogen-bond acceptors (Lipinski definition) is 7. The summed E-state index contributed by atoms with van der Waals surface area (Å²) in [5, 5.41) is 2.74. The minimum absolute atomic E-state index is 0.103. The molecule has 0 bridgehead atoms. The van der Waals surface area contributed by atoms with Crippen LogP contribution in [0, 0.1) is 5.92 Å². The highest BCUT2D eigenvalue weighted by Crippen LogP contribution is 2.45. The van der Waals surface area contributed by atoms with Crippen LogP contribution >= 0.6 is 11.8 Å². The zero-order valence-corrected chi connectivity index (χ0v) is 22.9. The molecule has 3 aliphatic rings. The molecule has 0 N–H and O–H groups in total. The normalized spacial score (nSPS) is 19.6. The number of amides is 1. The van der Waals surface area contributed by atoms with E-state index in [1.807, 2.05) is 52.5 Å². The van der Waals surface area contributed by atoms with Crippen molar-refractivity contribution in [1.82, 2.24) is 9.80 Å². The average molecular weight is 532 g/mol. The van der Waals surface area contributed by atoms with Gasteiger partial charge in [0.25, 0.3) is 0 Å². The van der Waals surface area contributed by atoms with E-state index in [1.54, 1.807) is 7.11 Å². The fourth-order valence-electron chi connectivity index (χ4n) is 5.47. The van der Waals surface area contributed by atoms with Crippen molar-refractivity contribution in [2.45, 2.75) is 38.6 Å². The second kappa shape index (κ2) is 11.5. The second-order valence-corrected chi connectivity index (χ2v) is 10.7. The minimum atomic E-state index is -0.462. The highest BCUT2D eigenvalue weighted by Gasteiger charge is 2.41. The van der Waals surface area contributed by atoms with Gasteiger partial charge < -0.3 is 19.3 Å². The van der Waals surface area contributed by atoms with Crippen molar-refractivity contribution >= 4 is 28.8 Å². The number of nitrogens with zero attached hydrogens (tertiary/aromatic N) is 3. The molecule has 38 heavy (non-hydrogen) atoms. The van der Waals surface area contributed by atoms with Gasteiger partial charge in [0.05, 0.1) is 38.0 Å². The monoisotopic (exact) mass is 531 g/mol. The van der Waals surface area contributed by atoms with Gasteiger partial charge in [-0.05, 0) is 60.8 Å². The SMILES string of the molecule is COC(=O)C1=C(C)N=C2SC=C(CC(=O)N3CCC(Cc4ccccc4)CC3)N2[C@@H]1c1cccc(OC)c1. The number of likely N-dealkylation sites (tertiary alicyclic amines) is 1. The first-order valence-corrected chi connectivity index (χ1v) is 13.8. The lowest BCUT2D eigenvalue weighted by molar-refractivity contribution is -0.136. The van der Waals surface area contributed by atoms with Crippen molar-refractivity contribution in [3.8, 4) is 5.75 Å². The van der Waals surface area contributed by atoms with E-state index in [0.717, 1.165) is 48.8 Å². The number of rotatable bonds is 7. The first-order valence-electron chi connectivity index (χ1n) is 13.0. The molecule has 0 spiro atoms. The smallest absolute Gasteiger partial charge is 0.338 e. The van der Waals surface area contributed by atoms with E-state index in [1.165, 1.54) is 24.4 Å². The quantitative estimate of drug-likeness (QED) is 0.451. The molecule has 1 saturated heterocycles. The van der Waals surface area contributed by atoms with Gasteiger partial charge in [-0.3, -0.25) is 4.79 Å². The lowest BCUT2D eigenvalue weighted by atomic mass is 9.90. The molecule has 8 heteroatoms. The molecule has 198 valence electrons. The number of ether oxygens (including phenoxy) is 2. The molecule has 1 amide bonds. The number of thioether (sulfide) groups is 1. The molecular weight excluding hydrogens is 498 g/mol. The molecule has 0 saturated carbocycles. The Labute approximate surface area is 228 Å². The molecule has 2 aromatic rings. The number of allylic oxidation sites excluding steroid dienone is 1. The maximum absolute atomic E-state index is 13.5. The van der Waals surface area contributed by atoms with Gasteiger partial charge >= 0.3 is 5.97 Å². The number of esters is 1. The molecule has 0 aliphatic carbocycles. The summed E-state index contributed by atoms with van der Waals surface area (Å²) >= 11 is 1.48. The molecule has 0 radical (unpaired) electrons. The predicted molar refractivity (Wildman–Crippen MR) is 149 cm³/mol. The van der Waals surface area contributed by atoms with Crippen LogP contribution < -0.4 is 4.74 Å². The van der Waals surface area contributed by atoms with Crippen LogP contribution in [-0.2, 0) is 20.7 Å². The van der Waals surface area contributed by atoms with Crippen molar-refractivity contribution in [2.75, 3.05) is 27.3 Å². The second-order valence-electron chi connectivity index (χ2n) is 9.85. The van der Waals surface area contributed by atoms with Crippen LogP contribution in [0.3, 0.4) is 0 Å². The van der Waals surface area contributed by atoms with Gasteiger partial charge in [-0.25, -0.2) is 9.79 Å². The number of piperidine rings is 1. The van der Waals surface area contributed by atoms with Crippen molar-refractivity contribution in [2.24, 2.45) is 10.9 Å². The number of hydrogen-bond donors (Lipinski definition) is 0. The molecule has 0 aromatic heterocycles. The Morgan fingerprint density at radius 1 is 1.05 bits per heavy atom. The number of carbonyl (C=O) groups is 2. The lowest BCUT2D eigenvalue weighted by Crippen LogP contribution is -2.41. The summed E-state index contributed by atoms with van der Waals surface area (Å²) < 4.78 is 10.6. The van der Waals surface area contributed by atoms with Gasteiger partial charge in [-0.1, -0.05) is 54.2 Å². The molecule has 2 aromatic carbocycles. The van der Waals surface area contributed by atoms with Crippen molar-refractivity contribution in [3.05, 3.63) is 88.1 Å². The summed E-state index contributed by atoms with van der Waals surface area (Å²) in [6.45, 7) is 3.36.